The molecule has 10 aromatic carbocycles. The molecule has 0 aliphatic heterocycles. The van der Waals surface area contributed by atoms with E-state index in [4.69, 9.17) is 15.0 Å². The molecule has 0 unspecified atom stereocenters. The van der Waals surface area contributed by atoms with Crippen molar-refractivity contribution in [2.75, 3.05) is 0 Å². The van der Waals surface area contributed by atoms with Crippen molar-refractivity contribution >= 4 is 64.9 Å². The average molecular weight is 751 g/mol. The fourth-order valence-electron chi connectivity index (χ4n) is 9.03. The van der Waals surface area contributed by atoms with Crippen LogP contribution >= 0.6 is 0 Å². The molecular formula is C55H34N4. The van der Waals surface area contributed by atoms with Gasteiger partial charge in [0.05, 0.1) is 16.7 Å². The zero-order chi connectivity index (χ0) is 38.9. The SMILES string of the molecule is c1ccc(-c2nc(-c3ccc4ccccc4c3)nc(-c3ccc(-n4c5cc6ccccc6cc5c5c6ccccc6ccc54)c4c(-c5ccccc5)cccc34)n2)cc1. The molecule has 274 valence electrons. The van der Waals surface area contributed by atoms with Gasteiger partial charge in [0.15, 0.2) is 17.5 Å². The molecule has 0 saturated heterocycles. The molecule has 4 heteroatoms. The first-order chi connectivity index (χ1) is 29.2. The summed E-state index contributed by atoms with van der Waals surface area (Å²) in [5.74, 6) is 1.90. The first-order valence-corrected chi connectivity index (χ1v) is 20.0. The Bertz CT molecular complexity index is 3610. The maximum atomic E-state index is 5.29. The van der Waals surface area contributed by atoms with Gasteiger partial charge in [-0.05, 0) is 85.2 Å². The smallest absolute Gasteiger partial charge is 0.164 e. The Morgan fingerprint density at radius 1 is 0.288 bits per heavy atom. The highest BCUT2D eigenvalue weighted by Crippen LogP contribution is 2.44. The number of fused-ring (bicyclic) bond motifs is 8. The summed E-state index contributed by atoms with van der Waals surface area (Å²) in [5.41, 5.74) is 8.54. The van der Waals surface area contributed by atoms with E-state index in [0.29, 0.717) is 17.5 Å². The summed E-state index contributed by atoms with van der Waals surface area (Å²) in [4.78, 5) is 15.6. The standard InChI is InChI=1S/C55H34N4/c1-3-15-36(16-4-1)44-24-13-25-45-46(55-57-53(38-18-5-2-6-19-38)56-54(58-55)42-27-26-35-14-7-8-20-39(35)32-42)29-31-49(51(44)45)59-48-30-28-37-17-11-12-23-43(37)52(48)47-33-40-21-9-10-22-41(40)34-50(47)59/h1-34H. The molecule has 0 aliphatic carbocycles. The molecule has 0 aliphatic rings. The summed E-state index contributed by atoms with van der Waals surface area (Å²) in [5, 5.41) is 11.9. The molecule has 2 heterocycles. The molecule has 0 bridgehead atoms. The molecule has 0 saturated carbocycles. The lowest BCUT2D eigenvalue weighted by Gasteiger charge is -2.18. The van der Waals surface area contributed by atoms with Crippen LogP contribution in [-0.4, -0.2) is 19.5 Å². The second kappa shape index (κ2) is 13.3. The molecule has 2 aromatic heterocycles. The Hall–Kier alpha value is -7.95. The molecule has 4 nitrogen and oxygen atoms in total. The fraction of sp³-hybridized carbons (Fsp3) is 0. The van der Waals surface area contributed by atoms with E-state index in [-0.39, 0.29) is 0 Å². The summed E-state index contributed by atoms with van der Waals surface area (Å²) >= 11 is 0. The highest BCUT2D eigenvalue weighted by atomic mass is 15.0. The molecule has 0 amide bonds. The van der Waals surface area contributed by atoms with Gasteiger partial charge in [-0.3, -0.25) is 0 Å². The van der Waals surface area contributed by atoms with E-state index < -0.39 is 0 Å². The maximum absolute atomic E-state index is 5.29. The third-order valence-corrected chi connectivity index (χ3v) is 11.8. The summed E-state index contributed by atoms with van der Waals surface area (Å²) < 4.78 is 2.48. The number of rotatable bonds is 5. The first-order valence-electron chi connectivity index (χ1n) is 20.0. The van der Waals surface area contributed by atoms with Crippen LogP contribution in [0.25, 0.3) is 116 Å². The van der Waals surface area contributed by atoms with Crippen LogP contribution in [-0.2, 0) is 0 Å². The summed E-state index contributed by atoms with van der Waals surface area (Å²) in [6.07, 6.45) is 0. The summed E-state index contributed by atoms with van der Waals surface area (Å²) in [7, 11) is 0. The second-order valence-electron chi connectivity index (χ2n) is 15.2. The molecule has 0 spiro atoms. The number of hydrogen-bond acceptors (Lipinski definition) is 3. The van der Waals surface area contributed by atoms with Crippen LogP contribution in [0.3, 0.4) is 0 Å². The van der Waals surface area contributed by atoms with Gasteiger partial charge >= 0.3 is 0 Å². The van der Waals surface area contributed by atoms with E-state index in [0.717, 1.165) is 60.7 Å². The largest absolute Gasteiger partial charge is 0.309 e. The first kappa shape index (κ1) is 33.2. The Morgan fingerprint density at radius 3 is 1.66 bits per heavy atom. The lowest BCUT2D eigenvalue weighted by molar-refractivity contribution is 1.08. The van der Waals surface area contributed by atoms with Gasteiger partial charge in [-0.25, -0.2) is 15.0 Å². The Balaban J connectivity index is 1.18. The third-order valence-electron chi connectivity index (χ3n) is 11.8. The van der Waals surface area contributed by atoms with E-state index >= 15 is 0 Å². The molecule has 12 rings (SSSR count). The predicted octanol–water partition coefficient (Wildman–Crippen LogP) is 14.2. The summed E-state index contributed by atoms with van der Waals surface area (Å²) in [6.45, 7) is 0. The zero-order valence-electron chi connectivity index (χ0n) is 31.9. The highest BCUT2D eigenvalue weighted by molar-refractivity contribution is 6.24. The van der Waals surface area contributed by atoms with Crippen molar-refractivity contribution in [3.63, 3.8) is 0 Å². The van der Waals surface area contributed by atoms with Crippen LogP contribution in [0.2, 0.25) is 0 Å². The van der Waals surface area contributed by atoms with Gasteiger partial charge < -0.3 is 4.57 Å². The van der Waals surface area contributed by atoms with Crippen LogP contribution in [0, 0.1) is 0 Å². The van der Waals surface area contributed by atoms with Crippen molar-refractivity contribution in [1.82, 2.24) is 19.5 Å². The molecule has 0 N–H and O–H groups in total. The maximum Gasteiger partial charge on any atom is 0.164 e. The monoisotopic (exact) mass is 750 g/mol. The quantitative estimate of drug-likeness (QED) is 0.176. The van der Waals surface area contributed by atoms with Gasteiger partial charge in [0.1, 0.15) is 0 Å². The molecular weight excluding hydrogens is 717 g/mol. The van der Waals surface area contributed by atoms with E-state index in [9.17, 15) is 0 Å². The van der Waals surface area contributed by atoms with Crippen molar-refractivity contribution in [2.24, 2.45) is 0 Å². The minimum atomic E-state index is 0.628. The third kappa shape index (κ3) is 5.42. The number of nitrogens with zero attached hydrogens (tertiary/aromatic N) is 4. The topological polar surface area (TPSA) is 43.6 Å². The van der Waals surface area contributed by atoms with Crippen molar-refractivity contribution in [3.8, 4) is 51.0 Å². The Kier molecular flexibility index (Phi) is 7.50. The Labute approximate surface area is 340 Å². The van der Waals surface area contributed by atoms with Gasteiger partial charge in [0, 0.05) is 32.8 Å². The van der Waals surface area contributed by atoms with Gasteiger partial charge in [0.2, 0.25) is 0 Å². The van der Waals surface area contributed by atoms with E-state index in [1.807, 2.05) is 18.2 Å². The number of aromatic nitrogens is 4. The van der Waals surface area contributed by atoms with E-state index in [1.54, 1.807) is 0 Å². The van der Waals surface area contributed by atoms with Crippen molar-refractivity contribution in [3.05, 3.63) is 206 Å². The van der Waals surface area contributed by atoms with Crippen LogP contribution in [0.1, 0.15) is 0 Å². The molecule has 0 atom stereocenters. The van der Waals surface area contributed by atoms with Crippen molar-refractivity contribution in [2.45, 2.75) is 0 Å². The van der Waals surface area contributed by atoms with Crippen LogP contribution in [0.15, 0.2) is 206 Å². The van der Waals surface area contributed by atoms with Gasteiger partial charge in [-0.2, -0.15) is 0 Å². The number of benzene rings is 10. The van der Waals surface area contributed by atoms with Gasteiger partial charge in [-0.1, -0.05) is 170 Å². The lowest BCUT2D eigenvalue weighted by Crippen LogP contribution is -2.02. The lowest BCUT2D eigenvalue weighted by atomic mass is 9.93. The molecule has 59 heavy (non-hydrogen) atoms. The van der Waals surface area contributed by atoms with E-state index in [1.165, 1.54) is 37.7 Å². The minimum absolute atomic E-state index is 0.628. The fourth-order valence-corrected chi connectivity index (χ4v) is 9.03. The van der Waals surface area contributed by atoms with Crippen LogP contribution in [0.4, 0.5) is 0 Å². The second-order valence-corrected chi connectivity index (χ2v) is 15.2. The predicted molar refractivity (Wildman–Crippen MR) is 246 cm³/mol. The number of hydrogen-bond donors (Lipinski definition) is 0. The van der Waals surface area contributed by atoms with Crippen LogP contribution in [0.5, 0.6) is 0 Å². The highest BCUT2D eigenvalue weighted by Gasteiger charge is 2.22. The minimum Gasteiger partial charge on any atom is -0.309 e. The molecule has 0 fully saturated rings. The van der Waals surface area contributed by atoms with Gasteiger partial charge in [0.25, 0.3) is 0 Å². The zero-order valence-corrected chi connectivity index (χ0v) is 31.9. The molecule has 12 aromatic rings. The van der Waals surface area contributed by atoms with Crippen molar-refractivity contribution in [1.29, 1.82) is 0 Å². The molecule has 0 radical (unpaired) electrons. The van der Waals surface area contributed by atoms with E-state index in [2.05, 4.69) is 193 Å². The average Bonchev–Trinajstić information content (AvgIpc) is 3.63. The summed E-state index contributed by atoms with van der Waals surface area (Å²) in [6, 6.07) is 73.5. The van der Waals surface area contributed by atoms with Gasteiger partial charge in [-0.15, -0.1) is 0 Å². The normalized spacial score (nSPS) is 11.7. The Morgan fingerprint density at radius 2 is 0.881 bits per heavy atom. The van der Waals surface area contributed by atoms with Crippen molar-refractivity contribution < 1.29 is 0 Å². The van der Waals surface area contributed by atoms with Crippen LogP contribution < -0.4 is 0 Å².